The lowest BCUT2D eigenvalue weighted by Crippen LogP contribution is -2.36. The number of hydrogen-bond acceptors (Lipinski definition) is 6. The maximum absolute atomic E-state index is 13.3. The fraction of sp³-hybridized carbons (Fsp3) is 0.464. The summed E-state index contributed by atoms with van der Waals surface area (Å²) in [6.45, 7) is 1.26. The number of amides is 2. The molecule has 0 bridgehead atoms. The van der Waals surface area contributed by atoms with Crippen LogP contribution in [0.1, 0.15) is 67.9 Å². The number of benzene rings is 2. The van der Waals surface area contributed by atoms with E-state index >= 15 is 0 Å². The second-order valence-electron chi connectivity index (χ2n) is 10.3. The number of carbonyl (C=O) groups is 2. The lowest BCUT2D eigenvalue weighted by atomic mass is 9.88. The van der Waals surface area contributed by atoms with E-state index in [4.69, 9.17) is 9.72 Å². The van der Waals surface area contributed by atoms with Crippen LogP contribution in [-0.4, -0.2) is 54.8 Å². The highest BCUT2D eigenvalue weighted by atomic mass is 32.2. The topological polar surface area (TPSA) is 111 Å². The summed E-state index contributed by atoms with van der Waals surface area (Å²) in [5.41, 5.74) is 4.63. The molecule has 2 aromatic carbocycles. The summed E-state index contributed by atoms with van der Waals surface area (Å²) in [5, 5.41) is 0. The largest absolute Gasteiger partial charge is 0.453 e. The van der Waals surface area contributed by atoms with Crippen LogP contribution in [0.15, 0.2) is 42.5 Å². The van der Waals surface area contributed by atoms with Crippen molar-refractivity contribution in [2.24, 2.45) is 0 Å². The molecule has 1 aliphatic carbocycles. The molecule has 10 heteroatoms. The summed E-state index contributed by atoms with van der Waals surface area (Å²) >= 11 is 0. The van der Waals surface area contributed by atoms with Crippen molar-refractivity contribution in [3.05, 3.63) is 65.0 Å². The van der Waals surface area contributed by atoms with Gasteiger partial charge in [0.2, 0.25) is 15.9 Å². The molecule has 2 amide bonds. The van der Waals surface area contributed by atoms with Crippen LogP contribution >= 0.6 is 0 Å². The van der Waals surface area contributed by atoms with Crippen LogP contribution in [0.25, 0.3) is 11.0 Å². The maximum Gasteiger partial charge on any atom is 0.409 e. The standard InChI is InChI=1S/C28H34N4O5S.H2/c1-37-28(34)31-16-15-20-13-14-24-25(22(20)17-31)29-26(21-11-7-4-8-12-21)32(24)18-23(19-9-5-3-6-10-19)27(33)30-38(2,35)36;/h3,5-6,9-10,13-14,21,23H,4,7-8,11-12,15-18H2,1-2H3,(H,30,33);1H. The molecule has 0 saturated heterocycles. The van der Waals surface area contributed by atoms with Gasteiger partial charge in [0.25, 0.3) is 0 Å². The SMILES string of the molecule is COC(=O)N1CCc2ccc3c(nc(C4CCCCC4)n3CC(C(=O)NS(C)(=O)=O)c3ccccc3)c2C1.[HH]. The van der Waals surface area contributed by atoms with Gasteiger partial charge in [0, 0.05) is 26.0 Å². The number of rotatable bonds is 6. The zero-order valence-corrected chi connectivity index (χ0v) is 22.7. The third kappa shape index (κ3) is 5.41. The van der Waals surface area contributed by atoms with E-state index in [1.165, 1.54) is 13.5 Å². The van der Waals surface area contributed by atoms with E-state index in [1.54, 1.807) is 4.90 Å². The Kier molecular flexibility index (Phi) is 7.43. The summed E-state index contributed by atoms with van der Waals surface area (Å²) in [5.74, 6) is -0.115. The number of aromatic nitrogens is 2. The fourth-order valence-electron chi connectivity index (χ4n) is 5.85. The van der Waals surface area contributed by atoms with Crippen LogP contribution in [0, 0.1) is 0 Å². The van der Waals surface area contributed by atoms with Gasteiger partial charge in [0.15, 0.2) is 0 Å². The molecule has 204 valence electrons. The number of hydrogen-bond donors (Lipinski definition) is 1. The molecule has 0 spiro atoms. The number of carbonyl (C=O) groups excluding carboxylic acids is 2. The molecule has 0 radical (unpaired) electrons. The van der Waals surface area contributed by atoms with Crippen LogP contribution in [0.3, 0.4) is 0 Å². The minimum Gasteiger partial charge on any atom is -0.453 e. The number of sulfonamides is 1. The van der Waals surface area contributed by atoms with Crippen molar-refractivity contribution in [2.45, 2.75) is 63.5 Å². The van der Waals surface area contributed by atoms with Crippen molar-refractivity contribution >= 4 is 33.1 Å². The molecule has 2 aliphatic rings. The lowest BCUT2D eigenvalue weighted by Gasteiger charge is -2.27. The van der Waals surface area contributed by atoms with E-state index in [9.17, 15) is 18.0 Å². The monoisotopic (exact) mass is 540 g/mol. The Labute approximate surface area is 224 Å². The molecular weight excluding hydrogens is 504 g/mol. The number of imidazole rings is 1. The van der Waals surface area contributed by atoms with Gasteiger partial charge < -0.3 is 14.2 Å². The van der Waals surface area contributed by atoms with Gasteiger partial charge in [-0.15, -0.1) is 0 Å². The van der Waals surface area contributed by atoms with Crippen molar-refractivity contribution in [1.29, 1.82) is 0 Å². The molecule has 5 rings (SSSR count). The molecular formula is C28H36N4O5S. The van der Waals surface area contributed by atoms with Crippen molar-refractivity contribution < 1.29 is 24.2 Å². The third-order valence-corrected chi connectivity index (χ3v) is 8.30. The second-order valence-corrected chi connectivity index (χ2v) is 12.1. The molecule has 9 nitrogen and oxygen atoms in total. The average Bonchev–Trinajstić information content (AvgIpc) is 3.29. The summed E-state index contributed by atoms with van der Waals surface area (Å²) in [7, 11) is -2.34. The van der Waals surface area contributed by atoms with Crippen LogP contribution in [0.4, 0.5) is 4.79 Å². The molecule has 1 N–H and O–H groups in total. The van der Waals surface area contributed by atoms with E-state index in [0.717, 1.165) is 71.9 Å². The number of nitrogens with one attached hydrogen (secondary N) is 1. The van der Waals surface area contributed by atoms with Crippen LogP contribution in [-0.2, 0) is 39.1 Å². The zero-order valence-electron chi connectivity index (χ0n) is 21.9. The van der Waals surface area contributed by atoms with Crippen molar-refractivity contribution in [3.63, 3.8) is 0 Å². The molecule has 38 heavy (non-hydrogen) atoms. The Morgan fingerprint density at radius 2 is 1.87 bits per heavy atom. The van der Waals surface area contributed by atoms with E-state index < -0.39 is 21.8 Å². The normalized spacial score (nSPS) is 17.2. The van der Waals surface area contributed by atoms with Gasteiger partial charge in [-0.1, -0.05) is 55.7 Å². The first-order valence-electron chi connectivity index (χ1n) is 13.2. The molecule has 1 saturated carbocycles. The average molecular weight is 541 g/mol. The predicted molar refractivity (Wildman–Crippen MR) is 146 cm³/mol. The maximum atomic E-state index is 13.3. The minimum atomic E-state index is -3.73. The van der Waals surface area contributed by atoms with Crippen LogP contribution in [0.5, 0.6) is 0 Å². The van der Waals surface area contributed by atoms with E-state index in [0.29, 0.717) is 13.1 Å². The first-order chi connectivity index (χ1) is 18.2. The molecule has 2 heterocycles. The van der Waals surface area contributed by atoms with Gasteiger partial charge in [0.05, 0.1) is 36.9 Å². The Morgan fingerprint density at radius 3 is 2.55 bits per heavy atom. The van der Waals surface area contributed by atoms with E-state index in [2.05, 4.69) is 21.4 Å². The minimum absolute atomic E-state index is 0. The van der Waals surface area contributed by atoms with E-state index in [1.807, 2.05) is 30.3 Å². The molecule has 1 fully saturated rings. The fourth-order valence-corrected chi connectivity index (χ4v) is 6.36. The predicted octanol–water partition coefficient (Wildman–Crippen LogP) is 4.31. The number of fused-ring (bicyclic) bond motifs is 3. The first-order valence-corrected chi connectivity index (χ1v) is 15.0. The Bertz CT molecular complexity index is 1450. The smallest absolute Gasteiger partial charge is 0.409 e. The highest BCUT2D eigenvalue weighted by molar-refractivity contribution is 7.89. The van der Waals surface area contributed by atoms with Crippen molar-refractivity contribution in [1.82, 2.24) is 19.2 Å². The Morgan fingerprint density at radius 1 is 1.13 bits per heavy atom. The molecule has 1 unspecified atom stereocenters. The van der Waals surface area contributed by atoms with Gasteiger partial charge >= 0.3 is 6.09 Å². The molecule has 1 atom stereocenters. The van der Waals surface area contributed by atoms with Gasteiger partial charge in [-0.25, -0.2) is 18.2 Å². The summed E-state index contributed by atoms with van der Waals surface area (Å²) < 4.78 is 33.3. The highest BCUT2D eigenvalue weighted by Gasteiger charge is 2.31. The van der Waals surface area contributed by atoms with Gasteiger partial charge in [-0.2, -0.15) is 0 Å². The van der Waals surface area contributed by atoms with Crippen LogP contribution in [0.2, 0.25) is 0 Å². The van der Waals surface area contributed by atoms with Crippen molar-refractivity contribution in [3.8, 4) is 0 Å². The zero-order chi connectivity index (χ0) is 26.9. The second kappa shape index (κ2) is 10.8. The van der Waals surface area contributed by atoms with Gasteiger partial charge in [0.1, 0.15) is 5.82 Å². The summed E-state index contributed by atoms with van der Waals surface area (Å²) in [6.07, 6.45) is 6.83. The summed E-state index contributed by atoms with van der Waals surface area (Å²) in [6, 6.07) is 13.4. The quantitative estimate of drug-likeness (QED) is 0.499. The number of nitrogens with zero attached hydrogens (tertiary/aromatic N) is 3. The lowest BCUT2D eigenvalue weighted by molar-refractivity contribution is -0.121. The van der Waals surface area contributed by atoms with Gasteiger partial charge in [-0.05, 0) is 36.5 Å². The third-order valence-electron chi connectivity index (χ3n) is 7.72. The van der Waals surface area contributed by atoms with Crippen molar-refractivity contribution in [2.75, 3.05) is 19.9 Å². The number of methoxy groups -OCH3 is 1. The summed E-state index contributed by atoms with van der Waals surface area (Å²) in [4.78, 5) is 32.5. The van der Waals surface area contributed by atoms with E-state index in [-0.39, 0.29) is 20.0 Å². The Hall–Kier alpha value is -3.40. The van der Waals surface area contributed by atoms with Gasteiger partial charge in [-0.3, -0.25) is 9.52 Å². The Balaban J connectivity index is 0.00000353. The molecule has 3 aromatic rings. The first kappa shape index (κ1) is 26.2. The number of ether oxygens (including phenoxy) is 1. The highest BCUT2D eigenvalue weighted by Crippen LogP contribution is 2.37. The van der Waals surface area contributed by atoms with Crippen LogP contribution < -0.4 is 4.72 Å². The molecule has 1 aromatic heterocycles. The molecule has 1 aliphatic heterocycles.